The van der Waals surface area contributed by atoms with Gasteiger partial charge in [-0.3, -0.25) is 9.59 Å². The van der Waals surface area contributed by atoms with Crippen molar-refractivity contribution in [3.8, 4) is 0 Å². The maximum Gasteiger partial charge on any atom is 0.309 e. The topological polar surface area (TPSA) is 52.6 Å². The van der Waals surface area contributed by atoms with Crippen molar-refractivity contribution in [1.82, 2.24) is 0 Å². The number of hydrogen-bond acceptors (Lipinski definition) is 4. The number of benzene rings is 2. The molecule has 0 N–H and O–H groups in total. The van der Waals surface area contributed by atoms with Gasteiger partial charge in [-0.05, 0) is 60.1 Å². The maximum absolute atomic E-state index is 11.2. The van der Waals surface area contributed by atoms with Crippen LogP contribution in [0.3, 0.4) is 0 Å². The molecule has 0 radical (unpaired) electrons. The van der Waals surface area contributed by atoms with Crippen LogP contribution in [0.5, 0.6) is 0 Å². The fourth-order valence-corrected chi connectivity index (χ4v) is 4.05. The Morgan fingerprint density at radius 2 is 1.07 bits per heavy atom. The van der Waals surface area contributed by atoms with Crippen LogP contribution in [0.4, 0.5) is 0 Å². The second-order valence-electron chi connectivity index (χ2n) is 7.29. The van der Waals surface area contributed by atoms with Crippen LogP contribution in [0.25, 0.3) is 0 Å². The molecule has 0 bridgehead atoms. The van der Waals surface area contributed by atoms with Gasteiger partial charge >= 0.3 is 11.9 Å². The van der Waals surface area contributed by atoms with Gasteiger partial charge < -0.3 is 9.47 Å². The summed E-state index contributed by atoms with van der Waals surface area (Å²) in [7, 11) is 2.82. The molecule has 4 atom stereocenters. The standard InChI is InChI=1S/2C11H10Cl2O2/c2*1-15-11(14)8-5-7(8)6-2-3-9(12)10(13)4-6/h2*2-4,7-8H,5H2,1H3. The molecule has 0 saturated heterocycles. The first-order chi connectivity index (χ1) is 14.3. The molecule has 0 aliphatic heterocycles. The summed E-state index contributed by atoms with van der Waals surface area (Å²) in [6.45, 7) is 0. The number of carbonyl (C=O) groups is 2. The predicted molar refractivity (Wildman–Crippen MR) is 119 cm³/mol. The predicted octanol–water partition coefficient (Wildman–Crippen LogP) is 6.54. The van der Waals surface area contributed by atoms with Gasteiger partial charge in [-0.25, -0.2) is 0 Å². The molecule has 4 rings (SSSR count). The second-order valence-corrected chi connectivity index (χ2v) is 8.92. The minimum atomic E-state index is -0.147. The van der Waals surface area contributed by atoms with Crippen molar-refractivity contribution >= 4 is 58.3 Å². The van der Waals surface area contributed by atoms with E-state index in [1.54, 1.807) is 12.1 Å². The minimum Gasteiger partial charge on any atom is -0.469 e. The Kier molecular flexibility index (Phi) is 7.56. The molecule has 0 heterocycles. The number of hydrogen-bond donors (Lipinski definition) is 0. The van der Waals surface area contributed by atoms with E-state index in [0.717, 1.165) is 24.0 Å². The van der Waals surface area contributed by atoms with Crippen molar-refractivity contribution in [1.29, 1.82) is 0 Å². The highest BCUT2D eigenvalue weighted by Crippen LogP contribution is 2.49. The SMILES string of the molecule is COC(=O)C1CC1c1ccc(Cl)c(Cl)c1.COC(=O)C1CC1c1ccc(Cl)c(Cl)c1. The van der Waals surface area contributed by atoms with E-state index in [-0.39, 0.29) is 35.6 Å². The number of methoxy groups -OCH3 is 2. The van der Waals surface area contributed by atoms with E-state index in [1.165, 1.54) is 14.2 Å². The van der Waals surface area contributed by atoms with Crippen LogP contribution in [-0.4, -0.2) is 26.2 Å². The number of rotatable bonds is 4. The van der Waals surface area contributed by atoms with Gasteiger partial charge in [0, 0.05) is 0 Å². The zero-order chi connectivity index (χ0) is 22.0. The van der Waals surface area contributed by atoms with Crippen molar-refractivity contribution in [3.63, 3.8) is 0 Å². The number of halogens is 4. The quantitative estimate of drug-likeness (QED) is 0.457. The van der Waals surface area contributed by atoms with Crippen LogP contribution in [0, 0.1) is 11.8 Å². The van der Waals surface area contributed by atoms with E-state index < -0.39 is 0 Å². The average Bonchev–Trinajstić information content (AvgIpc) is 3.65. The molecule has 160 valence electrons. The lowest BCUT2D eigenvalue weighted by Crippen LogP contribution is -2.03. The Morgan fingerprint density at radius 3 is 1.37 bits per heavy atom. The summed E-state index contributed by atoms with van der Waals surface area (Å²) in [5.74, 6) is 0.177. The second kappa shape index (κ2) is 9.78. The van der Waals surface area contributed by atoms with Crippen LogP contribution in [-0.2, 0) is 19.1 Å². The van der Waals surface area contributed by atoms with Crippen molar-refractivity contribution in [2.24, 2.45) is 11.8 Å². The highest BCUT2D eigenvalue weighted by Gasteiger charge is 2.45. The molecule has 2 aliphatic carbocycles. The van der Waals surface area contributed by atoms with Gasteiger partial charge in [0.1, 0.15) is 0 Å². The summed E-state index contributed by atoms with van der Waals surface area (Å²) >= 11 is 23.4. The van der Waals surface area contributed by atoms with E-state index in [1.807, 2.05) is 24.3 Å². The molecule has 30 heavy (non-hydrogen) atoms. The van der Waals surface area contributed by atoms with Crippen molar-refractivity contribution in [2.45, 2.75) is 24.7 Å². The van der Waals surface area contributed by atoms with Crippen LogP contribution < -0.4 is 0 Å². The first-order valence-electron chi connectivity index (χ1n) is 9.32. The maximum atomic E-state index is 11.2. The molecule has 0 amide bonds. The lowest BCUT2D eigenvalue weighted by atomic mass is 10.1. The molecule has 2 fully saturated rings. The van der Waals surface area contributed by atoms with Crippen molar-refractivity contribution < 1.29 is 19.1 Å². The Hall–Kier alpha value is -1.46. The van der Waals surface area contributed by atoms with Gasteiger partial charge in [0.2, 0.25) is 0 Å². The summed E-state index contributed by atoms with van der Waals surface area (Å²) in [5, 5.41) is 2.14. The lowest BCUT2D eigenvalue weighted by Gasteiger charge is -2.01. The van der Waals surface area contributed by atoms with Gasteiger partial charge in [0.25, 0.3) is 0 Å². The highest BCUT2D eigenvalue weighted by molar-refractivity contribution is 6.42. The molecule has 2 aromatic carbocycles. The van der Waals surface area contributed by atoms with E-state index >= 15 is 0 Å². The average molecular weight is 490 g/mol. The van der Waals surface area contributed by atoms with Crippen molar-refractivity contribution in [2.75, 3.05) is 14.2 Å². The fraction of sp³-hybridized carbons (Fsp3) is 0.364. The molecule has 0 spiro atoms. The minimum absolute atomic E-state index is 0.00718. The summed E-state index contributed by atoms with van der Waals surface area (Å²) in [5.41, 5.74) is 2.11. The van der Waals surface area contributed by atoms with E-state index in [4.69, 9.17) is 46.4 Å². The van der Waals surface area contributed by atoms with Gasteiger partial charge in [0.15, 0.2) is 0 Å². The smallest absolute Gasteiger partial charge is 0.309 e. The summed E-state index contributed by atoms with van der Waals surface area (Å²) < 4.78 is 9.36. The number of carbonyl (C=O) groups excluding carboxylic acids is 2. The van der Waals surface area contributed by atoms with Gasteiger partial charge in [0.05, 0.1) is 46.1 Å². The zero-order valence-electron chi connectivity index (χ0n) is 16.3. The lowest BCUT2D eigenvalue weighted by molar-refractivity contribution is -0.143. The molecule has 4 unspecified atom stereocenters. The number of ether oxygens (including phenoxy) is 2. The molecule has 4 nitrogen and oxygen atoms in total. The first-order valence-corrected chi connectivity index (χ1v) is 10.8. The third kappa shape index (κ3) is 5.42. The largest absolute Gasteiger partial charge is 0.469 e. The first kappa shape index (κ1) is 23.2. The van der Waals surface area contributed by atoms with Crippen LogP contribution in [0.1, 0.15) is 35.8 Å². The van der Waals surface area contributed by atoms with Crippen LogP contribution in [0.2, 0.25) is 20.1 Å². The van der Waals surface area contributed by atoms with Crippen LogP contribution in [0.15, 0.2) is 36.4 Å². The fourth-order valence-electron chi connectivity index (χ4n) is 3.44. The third-order valence-electron chi connectivity index (χ3n) is 5.33. The normalized spacial score (nSPS) is 23.7. The van der Waals surface area contributed by atoms with Crippen molar-refractivity contribution in [3.05, 3.63) is 67.6 Å². The van der Waals surface area contributed by atoms with E-state index in [0.29, 0.717) is 20.1 Å². The molecule has 8 heteroatoms. The van der Waals surface area contributed by atoms with Crippen LogP contribution >= 0.6 is 46.4 Å². The summed E-state index contributed by atoms with van der Waals surface area (Å²) in [6, 6.07) is 11.0. The molecular formula is C22H20Cl4O4. The van der Waals surface area contributed by atoms with E-state index in [9.17, 15) is 9.59 Å². The molecule has 0 aromatic heterocycles. The third-order valence-corrected chi connectivity index (χ3v) is 6.81. The van der Waals surface area contributed by atoms with E-state index in [2.05, 4.69) is 9.47 Å². The Morgan fingerprint density at radius 1 is 0.700 bits per heavy atom. The summed E-state index contributed by atoms with van der Waals surface area (Å²) in [4.78, 5) is 22.5. The molecule has 2 saturated carbocycles. The van der Waals surface area contributed by atoms with Gasteiger partial charge in [-0.15, -0.1) is 0 Å². The molecular weight excluding hydrogens is 470 g/mol. The number of esters is 2. The highest BCUT2D eigenvalue weighted by atomic mass is 35.5. The molecule has 2 aromatic rings. The zero-order valence-corrected chi connectivity index (χ0v) is 19.4. The Labute approximate surface area is 195 Å². The van der Waals surface area contributed by atoms with Gasteiger partial charge in [-0.1, -0.05) is 58.5 Å². The summed E-state index contributed by atoms with van der Waals surface area (Å²) in [6.07, 6.45) is 1.68. The molecule has 2 aliphatic rings. The Balaban J connectivity index is 0.000000171. The monoisotopic (exact) mass is 488 g/mol. The van der Waals surface area contributed by atoms with Gasteiger partial charge in [-0.2, -0.15) is 0 Å². The Bertz CT molecular complexity index is 885.